The summed E-state index contributed by atoms with van der Waals surface area (Å²) in [5, 5.41) is 6.11. The number of nitrogens with one attached hydrogen (secondary N) is 2. The van der Waals surface area contributed by atoms with Gasteiger partial charge in [0.1, 0.15) is 0 Å². The first kappa shape index (κ1) is 20.5. The second kappa shape index (κ2) is 9.82. The zero-order valence-electron chi connectivity index (χ0n) is 16.2. The van der Waals surface area contributed by atoms with Crippen molar-refractivity contribution in [1.29, 1.82) is 0 Å². The Morgan fingerprint density at radius 3 is 2.63 bits per heavy atom. The normalized spacial score (nSPS) is 18.0. The minimum absolute atomic E-state index is 0.0690. The largest absolute Gasteiger partial charge is 0.337 e. The molecule has 7 heteroatoms. The van der Waals surface area contributed by atoms with Crippen molar-refractivity contribution in [1.82, 2.24) is 10.3 Å². The van der Waals surface area contributed by atoms with Crippen LogP contribution in [0.4, 0.5) is 10.5 Å². The van der Waals surface area contributed by atoms with Gasteiger partial charge in [-0.05, 0) is 23.8 Å². The van der Waals surface area contributed by atoms with Crippen molar-refractivity contribution in [3.05, 3.63) is 95.8 Å². The third kappa shape index (κ3) is 5.23. The SMILES string of the molecule is O=C(NCC1CSC(c2cccnc2)S1)Nc1cccc(C(=O)c2ccccc2)c1. The molecule has 4 rings (SSSR count). The van der Waals surface area contributed by atoms with Gasteiger partial charge >= 0.3 is 6.03 Å². The summed E-state index contributed by atoms with van der Waals surface area (Å²) in [4.78, 5) is 29.1. The van der Waals surface area contributed by atoms with E-state index in [0.29, 0.717) is 33.2 Å². The van der Waals surface area contributed by atoms with E-state index >= 15 is 0 Å². The van der Waals surface area contributed by atoms with Crippen LogP contribution in [0.2, 0.25) is 0 Å². The molecule has 2 N–H and O–H groups in total. The second-order valence-corrected chi connectivity index (χ2v) is 9.67. The predicted molar refractivity (Wildman–Crippen MR) is 124 cm³/mol. The Morgan fingerprint density at radius 2 is 1.83 bits per heavy atom. The second-order valence-electron chi connectivity index (χ2n) is 6.82. The number of benzene rings is 2. The van der Waals surface area contributed by atoms with Crippen molar-refractivity contribution >= 4 is 41.0 Å². The van der Waals surface area contributed by atoms with Gasteiger partial charge in [-0.3, -0.25) is 9.78 Å². The topological polar surface area (TPSA) is 71.1 Å². The summed E-state index contributed by atoms with van der Waals surface area (Å²) in [6.45, 7) is 0.586. The molecule has 0 spiro atoms. The number of carbonyl (C=O) groups excluding carboxylic acids is 2. The monoisotopic (exact) mass is 435 g/mol. The van der Waals surface area contributed by atoms with Crippen LogP contribution in [-0.2, 0) is 0 Å². The van der Waals surface area contributed by atoms with Crippen LogP contribution in [0.25, 0.3) is 0 Å². The van der Waals surface area contributed by atoms with Crippen LogP contribution in [-0.4, -0.2) is 34.3 Å². The van der Waals surface area contributed by atoms with Gasteiger partial charge in [-0.2, -0.15) is 0 Å². The molecule has 1 aliphatic rings. The fourth-order valence-corrected chi connectivity index (χ4v) is 6.36. The summed E-state index contributed by atoms with van der Waals surface area (Å²) in [7, 11) is 0. The summed E-state index contributed by atoms with van der Waals surface area (Å²) < 4.78 is 0.356. The molecule has 1 aromatic heterocycles. The number of nitrogens with zero attached hydrogens (tertiary/aromatic N) is 1. The van der Waals surface area contributed by atoms with E-state index in [-0.39, 0.29) is 11.8 Å². The first-order valence-corrected chi connectivity index (χ1v) is 11.6. The number of carbonyl (C=O) groups is 2. The van der Waals surface area contributed by atoms with Gasteiger partial charge in [0.2, 0.25) is 0 Å². The van der Waals surface area contributed by atoms with Gasteiger partial charge in [0.15, 0.2) is 5.78 Å². The summed E-state index contributed by atoms with van der Waals surface area (Å²) >= 11 is 3.73. The van der Waals surface area contributed by atoms with Gasteiger partial charge in [-0.1, -0.05) is 48.5 Å². The van der Waals surface area contributed by atoms with Crippen LogP contribution in [0.5, 0.6) is 0 Å². The Balaban J connectivity index is 1.29. The van der Waals surface area contributed by atoms with E-state index in [9.17, 15) is 9.59 Å². The summed E-state index contributed by atoms with van der Waals surface area (Å²) in [5.74, 6) is 0.909. The van der Waals surface area contributed by atoms with E-state index < -0.39 is 0 Å². The average molecular weight is 436 g/mol. The van der Waals surface area contributed by atoms with Crippen LogP contribution < -0.4 is 10.6 Å². The number of hydrogen-bond acceptors (Lipinski definition) is 5. The average Bonchev–Trinajstić information content (AvgIpc) is 3.28. The number of amides is 2. The number of urea groups is 1. The molecular weight excluding hydrogens is 414 g/mol. The third-order valence-electron chi connectivity index (χ3n) is 4.62. The molecule has 1 fully saturated rings. The van der Waals surface area contributed by atoms with Crippen molar-refractivity contribution in [2.24, 2.45) is 0 Å². The Hall–Kier alpha value is -2.77. The van der Waals surface area contributed by atoms with E-state index in [0.717, 1.165) is 5.75 Å². The van der Waals surface area contributed by atoms with Crippen molar-refractivity contribution in [2.45, 2.75) is 9.83 Å². The number of ketones is 1. The number of aromatic nitrogens is 1. The molecule has 0 bridgehead atoms. The number of pyridine rings is 1. The molecule has 2 aromatic carbocycles. The zero-order chi connectivity index (χ0) is 20.8. The van der Waals surface area contributed by atoms with Crippen LogP contribution in [0.1, 0.15) is 26.1 Å². The maximum Gasteiger partial charge on any atom is 0.319 e. The first-order valence-electron chi connectivity index (χ1n) is 9.61. The predicted octanol–water partition coefficient (Wildman–Crippen LogP) is 4.98. The number of anilines is 1. The zero-order valence-corrected chi connectivity index (χ0v) is 17.8. The lowest BCUT2D eigenvalue weighted by Gasteiger charge is -2.13. The highest BCUT2D eigenvalue weighted by atomic mass is 32.2. The molecule has 5 nitrogen and oxygen atoms in total. The van der Waals surface area contributed by atoms with Crippen LogP contribution >= 0.6 is 23.5 Å². The number of hydrogen-bond donors (Lipinski definition) is 2. The van der Waals surface area contributed by atoms with Gasteiger partial charge in [0.25, 0.3) is 0 Å². The minimum atomic E-state index is -0.269. The molecular formula is C23H21N3O2S2. The van der Waals surface area contributed by atoms with Crippen LogP contribution in [0.15, 0.2) is 79.1 Å². The van der Waals surface area contributed by atoms with E-state index in [1.54, 1.807) is 42.6 Å². The van der Waals surface area contributed by atoms with Gasteiger partial charge in [-0.15, -0.1) is 23.5 Å². The lowest BCUT2D eigenvalue weighted by Crippen LogP contribution is -2.34. The first-order chi connectivity index (χ1) is 14.7. The number of thioether (sulfide) groups is 2. The van der Waals surface area contributed by atoms with Crippen LogP contribution in [0.3, 0.4) is 0 Å². The van der Waals surface area contributed by atoms with Crippen molar-refractivity contribution in [2.75, 3.05) is 17.6 Å². The molecule has 1 aliphatic heterocycles. The van der Waals surface area contributed by atoms with Crippen molar-refractivity contribution < 1.29 is 9.59 Å². The maximum absolute atomic E-state index is 12.6. The highest BCUT2D eigenvalue weighted by molar-refractivity contribution is 8.19. The van der Waals surface area contributed by atoms with Crippen LogP contribution in [0, 0.1) is 0 Å². The molecule has 152 valence electrons. The third-order valence-corrected chi connectivity index (χ3v) is 7.97. The van der Waals surface area contributed by atoms with E-state index in [1.165, 1.54) is 5.56 Å². The lowest BCUT2D eigenvalue weighted by molar-refractivity contribution is 0.103. The van der Waals surface area contributed by atoms with Gasteiger partial charge in [0, 0.05) is 46.8 Å². The maximum atomic E-state index is 12.6. The molecule has 30 heavy (non-hydrogen) atoms. The quantitative estimate of drug-likeness (QED) is 0.534. The molecule has 3 aromatic rings. The van der Waals surface area contributed by atoms with E-state index in [2.05, 4.69) is 21.7 Å². The highest BCUT2D eigenvalue weighted by Gasteiger charge is 2.27. The van der Waals surface area contributed by atoms with Crippen molar-refractivity contribution in [3.63, 3.8) is 0 Å². The Bertz CT molecular complexity index is 1020. The minimum Gasteiger partial charge on any atom is -0.337 e. The lowest BCUT2D eigenvalue weighted by atomic mass is 10.0. The molecule has 0 radical (unpaired) electrons. The van der Waals surface area contributed by atoms with Gasteiger partial charge < -0.3 is 10.6 Å². The van der Waals surface area contributed by atoms with E-state index in [4.69, 9.17) is 0 Å². The molecule has 2 unspecified atom stereocenters. The molecule has 0 saturated carbocycles. The molecule has 2 amide bonds. The summed E-state index contributed by atoms with van der Waals surface area (Å²) in [6, 6.07) is 19.9. The highest BCUT2D eigenvalue weighted by Crippen LogP contribution is 2.48. The molecule has 1 saturated heterocycles. The standard InChI is InChI=1S/C23H21N3O2S2/c27-21(16-6-2-1-3-7-16)17-8-4-10-19(12-17)26-23(28)25-14-20-15-29-22(30-20)18-9-5-11-24-13-18/h1-13,20,22H,14-15H2,(H2,25,26,28). The van der Waals surface area contributed by atoms with Gasteiger partial charge in [0.05, 0.1) is 4.58 Å². The molecule has 2 heterocycles. The van der Waals surface area contributed by atoms with Gasteiger partial charge in [-0.25, -0.2) is 4.79 Å². The van der Waals surface area contributed by atoms with Crippen molar-refractivity contribution in [3.8, 4) is 0 Å². The summed E-state index contributed by atoms with van der Waals surface area (Å²) in [5.41, 5.74) is 2.97. The molecule has 2 atom stereocenters. The summed E-state index contributed by atoms with van der Waals surface area (Å²) in [6.07, 6.45) is 3.68. The molecule has 0 aliphatic carbocycles. The number of rotatable bonds is 6. The fraction of sp³-hybridized carbons (Fsp3) is 0.174. The Labute approximate surface area is 184 Å². The smallest absolute Gasteiger partial charge is 0.319 e. The van der Waals surface area contributed by atoms with E-state index in [1.807, 2.05) is 54.0 Å². The Kier molecular flexibility index (Phi) is 6.71. The fourth-order valence-electron chi connectivity index (χ4n) is 3.12. The Morgan fingerprint density at radius 1 is 1.00 bits per heavy atom.